The monoisotopic (exact) mass is 408 g/mol. The lowest BCUT2D eigenvalue weighted by molar-refractivity contribution is -0.384. The van der Waals surface area contributed by atoms with E-state index in [9.17, 15) is 30.3 Å². The number of anilines is 1. The fraction of sp³-hybridized carbons (Fsp3) is 0.200. The number of allylic oxidation sites excluding steroid dienone is 1. The molecule has 1 aliphatic rings. The second-order valence-electron chi connectivity index (χ2n) is 6.41. The van der Waals surface area contributed by atoms with E-state index < -0.39 is 15.6 Å². The first kappa shape index (κ1) is 20.6. The van der Waals surface area contributed by atoms with Gasteiger partial charge >= 0.3 is 0 Å². The van der Waals surface area contributed by atoms with Gasteiger partial charge in [-0.25, -0.2) is 0 Å². The predicted octanol–water partition coefficient (Wildman–Crippen LogP) is 3.13. The second kappa shape index (κ2) is 8.93. The number of Topliss-reactive ketones (excluding diaryl/α,β-unsaturated/α-hetero) is 1. The summed E-state index contributed by atoms with van der Waals surface area (Å²) in [6, 6.07) is 11.2. The highest BCUT2D eigenvalue weighted by Gasteiger charge is 2.22. The Bertz CT molecular complexity index is 1080. The van der Waals surface area contributed by atoms with E-state index in [-0.39, 0.29) is 22.5 Å². The van der Waals surface area contributed by atoms with E-state index in [2.05, 4.69) is 0 Å². The zero-order valence-corrected chi connectivity index (χ0v) is 15.7. The summed E-state index contributed by atoms with van der Waals surface area (Å²) in [5.74, 6) is -0.707. The molecule has 1 aliphatic heterocycles. The van der Waals surface area contributed by atoms with E-state index in [1.54, 1.807) is 18.2 Å². The van der Waals surface area contributed by atoms with Crippen molar-refractivity contribution in [2.24, 2.45) is 0 Å². The van der Waals surface area contributed by atoms with Gasteiger partial charge in [0, 0.05) is 36.9 Å². The Morgan fingerprint density at radius 2 is 1.83 bits per heavy atom. The van der Waals surface area contributed by atoms with Crippen LogP contribution in [-0.2, 0) is 4.74 Å². The number of carbonyl (C=O) groups is 1. The summed E-state index contributed by atoms with van der Waals surface area (Å²) >= 11 is 0. The van der Waals surface area contributed by atoms with Crippen molar-refractivity contribution in [3.63, 3.8) is 0 Å². The van der Waals surface area contributed by atoms with Crippen LogP contribution in [0.1, 0.15) is 15.9 Å². The Kier molecular flexibility index (Phi) is 6.14. The van der Waals surface area contributed by atoms with Gasteiger partial charge in [0.05, 0.1) is 23.1 Å². The normalized spacial score (nSPS) is 14.1. The summed E-state index contributed by atoms with van der Waals surface area (Å²) < 4.78 is 5.27. The molecular weight excluding hydrogens is 392 g/mol. The first-order chi connectivity index (χ1) is 14.4. The lowest BCUT2D eigenvalue weighted by Gasteiger charge is -2.28. The zero-order valence-electron chi connectivity index (χ0n) is 15.7. The summed E-state index contributed by atoms with van der Waals surface area (Å²) in [4.78, 5) is 35.8. The molecule has 1 heterocycles. The maximum Gasteiger partial charge on any atom is 0.293 e. The lowest BCUT2D eigenvalue weighted by Crippen LogP contribution is -2.36. The van der Waals surface area contributed by atoms with Gasteiger partial charge in [0.25, 0.3) is 11.4 Å². The van der Waals surface area contributed by atoms with Crippen molar-refractivity contribution in [2.75, 3.05) is 31.2 Å². The van der Waals surface area contributed by atoms with Crippen molar-refractivity contribution in [1.29, 1.82) is 5.26 Å². The molecule has 0 spiro atoms. The predicted molar refractivity (Wildman–Crippen MR) is 107 cm³/mol. The third-order valence-corrected chi connectivity index (χ3v) is 4.54. The van der Waals surface area contributed by atoms with E-state index in [0.717, 1.165) is 6.07 Å². The Labute approximate surface area is 170 Å². The number of ether oxygens (including phenoxy) is 1. The quantitative estimate of drug-likeness (QED) is 0.233. The molecule has 30 heavy (non-hydrogen) atoms. The minimum atomic E-state index is -0.707. The number of nitro benzene ring substituents is 2. The van der Waals surface area contributed by atoms with Gasteiger partial charge in [0.1, 0.15) is 17.3 Å². The fourth-order valence-electron chi connectivity index (χ4n) is 3.08. The number of nitriles is 1. The molecule has 2 aromatic rings. The van der Waals surface area contributed by atoms with E-state index in [1.807, 2.05) is 4.90 Å². The molecule has 0 unspecified atom stereocenters. The first-order valence-electron chi connectivity index (χ1n) is 8.93. The van der Waals surface area contributed by atoms with Crippen LogP contribution in [0.3, 0.4) is 0 Å². The molecule has 0 saturated carbocycles. The number of rotatable bonds is 6. The Balaban J connectivity index is 1.95. The molecule has 10 nitrogen and oxygen atoms in total. The number of nitrogens with zero attached hydrogens (tertiary/aromatic N) is 4. The molecule has 3 rings (SSSR count). The standard InChI is InChI=1S/C20H16N4O6/c21-13-16(20(25)15-2-1-3-17(12-15)23(26)27)10-14-4-5-18(19(11-14)24(28)29)22-6-8-30-9-7-22/h1-5,10-12H,6-9H2/b16-10-. The van der Waals surface area contributed by atoms with Crippen molar-refractivity contribution in [1.82, 2.24) is 0 Å². The van der Waals surface area contributed by atoms with Gasteiger partial charge in [-0.3, -0.25) is 25.0 Å². The molecule has 0 aliphatic carbocycles. The van der Waals surface area contributed by atoms with Crippen LogP contribution >= 0.6 is 0 Å². The third-order valence-electron chi connectivity index (χ3n) is 4.54. The summed E-state index contributed by atoms with van der Waals surface area (Å²) in [6.45, 7) is 1.97. The Morgan fingerprint density at radius 3 is 2.47 bits per heavy atom. The molecule has 0 amide bonds. The van der Waals surface area contributed by atoms with Crippen LogP contribution in [0.5, 0.6) is 0 Å². The molecule has 1 saturated heterocycles. The molecule has 0 radical (unpaired) electrons. The van der Waals surface area contributed by atoms with E-state index in [0.29, 0.717) is 37.6 Å². The largest absolute Gasteiger partial charge is 0.378 e. The smallest absolute Gasteiger partial charge is 0.293 e. The molecule has 0 bridgehead atoms. The van der Waals surface area contributed by atoms with Crippen LogP contribution in [-0.4, -0.2) is 41.9 Å². The summed E-state index contributed by atoms with van der Waals surface area (Å²) in [5.41, 5.74) is 0.00717. The minimum absolute atomic E-state index is 0.0172. The Morgan fingerprint density at radius 1 is 1.10 bits per heavy atom. The number of ketones is 1. The van der Waals surface area contributed by atoms with Crippen LogP contribution in [0.25, 0.3) is 6.08 Å². The number of benzene rings is 2. The molecule has 152 valence electrons. The van der Waals surface area contributed by atoms with Crippen LogP contribution in [0.2, 0.25) is 0 Å². The molecule has 2 aromatic carbocycles. The average Bonchev–Trinajstić information content (AvgIpc) is 2.77. The minimum Gasteiger partial charge on any atom is -0.378 e. The molecule has 0 atom stereocenters. The van der Waals surface area contributed by atoms with Gasteiger partial charge in [0.15, 0.2) is 0 Å². The van der Waals surface area contributed by atoms with E-state index in [4.69, 9.17) is 4.74 Å². The highest BCUT2D eigenvalue weighted by atomic mass is 16.6. The highest BCUT2D eigenvalue weighted by Crippen LogP contribution is 2.31. The number of non-ortho nitro benzene ring substituents is 1. The topological polar surface area (TPSA) is 140 Å². The number of hydrogen-bond acceptors (Lipinski definition) is 8. The number of nitro groups is 2. The lowest BCUT2D eigenvalue weighted by atomic mass is 10.0. The number of morpholine rings is 1. The van der Waals surface area contributed by atoms with E-state index in [1.165, 1.54) is 30.3 Å². The molecule has 0 aromatic heterocycles. The van der Waals surface area contributed by atoms with Crippen molar-refractivity contribution >= 4 is 28.9 Å². The van der Waals surface area contributed by atoms with Gasteiger partial charge in [-0.1, -0.05) is 18.2 Å². The summed E-state index contributed by atoms with van der Waals surface area (Å²) in [6.07, 6.45) is 1.23. The third kappa shape index (κ3) is 4.48. The van der Waals surface area contributed by atoms with Crippen molar-refractivity contribution in [3.05, 3.63) is 79.4 Å². The maximum atomic E-state index is 12.6. The number of hydrogen-bond donors (Lipinski definition) is 0. The molecule has 0 N–H and O–H groups in total. The SMILES string of the molecule is N#C/C(=C/c1ccc(N2CCOCC2)c([N+](=O)[O-])c1)C(=O)c1cccc([N+](=O)[O-])c1. The molecule has 10 heteroatoms. The summed E-state index contributed by atoms with van der Waals surface area (Å²) in [7, 11) is 0. The van der Waals surface area contributed by atoms with Crippen LogP contribution < -0.4 is 4.90 Å². The van der Waals surface area contributed by atoms with Gasteiger partial charge in [-0.05, 0) is 17.7 Å². The van der Waals surface area contributed by atoms with Crippen molar-refractivity contribution < 1.29 is 19.4 Å². The van der Waals surface area contributed by atoms with Crippen LogP contribution in [0.4, 0.5) is 17.1 Å². The van der Waals surface area contributed by atoms with Crippen molar-refractivity contribution in [2.45, 2.75) is 0 Å². The van der Waals surface area contributed by atoms with Gasteiger partial charge in [-0.15, -0.1) is 0 Å². The molecular formula is C20H16N4O6. The van der Waals surface area contributed by atoms with Crippen LogP contribution in [0, 0.1) is 31.6 Å². The average molecular weight is 408 g/mol. The van der Waals surface area contributed by atoms with E-state index >= 15 is 0 Å². The van der Waals surface area contributed by atoms with Gasteiger partial charge in [-0.2, -0.15) is 5.26 Å². The summed E-state index contributed by atoms with van der Waals surface area (Å²) in [5, 5.41) is 31.9. The van der Waals surface area contributed by atoms with Gasteiger partial charge in [0.2, 0.25) is 5.78 Å². The Hall–Kier alpha value is -4.10. The highest BCUT2D eigenvalue weighted by molar-refractivity contribution is 6.14. The van der Waals surface area contributed by atoms with Crippen molar-refractivity contribution in [3.8, 4) is 6.07 Å². The first-order valence-corrected chi connectivity index (χ1v) is 8.93. The maximum absolute atomic E-state index is 12.6. The zero-order chi connectivity index (χ0) is 21.7. The van der Waals surface area contributed by atoms with Crippen LogP contribution in [0.15, 0.2) is 48.0 Å². The second-order valence-corrected chi connectivity index (χ2v) is 6.41. The number of carbonyl (C=O) groups excluding carboxylic acids is 1. The van der Waals surface area contributed by atoms with Gasteiger partial charge < -0.3 is 9.64 Å². The fourth-order valence-corrected chi connectivity index (χ4v) is 3.08. The molecule has 1 fully saturated rings.